The van der Waals surface area contributed by atoms with E-state index < -0.39 is 18.6 Å². The average Bonchev–Trinajstić information content (AvgIpc) is 2.25. The van der Waals surface area contributed by atoms with Gasteiger partial charge in [-0.25, -0.2) is 0 Å². The maximum Gasteiger partial charge on any atom is 0.405 e. The molecule has 0 aliphatic rings. The number of carbonyl (C=O) groups is 1. The second-order valence-corrected chi connectivity index (χ2v) is 3.05. The van der Waals surface area contributed by atoms with Crippen LogP contribution in [-0.2, 0) is 6.54 Å². The van der Waals surface area contributed by atoms with E-state index in [1.165, 1.54) is 12.3 Å². The highest BCUT2D eigenvalue weighted by atomic mass is 19.4. The molecule has 0 aliphatic carbocycles. The van der Waals surface area contributed by atoms with Crippen LogP contribution in [0.4, 0.5) is 13.2 Å². The number of hydrogen-bond donors (Lipinski definition) is 2. The molecule has 0 aliphatic heterocycles. The Labute approximate surface area is 89.7 Å². The van der Waals surface area contributed by atoms with Crippen LogP contribution in [0.2, 0.25) is 0 Å². The van der Waals surface area contributed by atoms with Gasteiger partial charge < -0.3 is 11.1 Å². The number of pyridine rings is 1. The molecule has 0 atom stereocenters. The van der Waals surface area contributed by atoms with Gasteiger partial charge in [-0.05, 0) is 17.7 Å². The van der Waals surface area contributed by atoms with E-state index in [2.05, 4.69) is 4.98 Å². The van der Waals surface area contributed by atoms with Crippen LogP contribution in [0.15, 0.2) is 18.3 Å². The Morgan fingerprint density at radius 2 is 2.19 bits per heavy atom. The smallest absolute Gasteiger partial charge is 0.342 e. The Morgan fingerprint density at radius 1 is 1.50 bits per heavy atom. The van der Waals surface area contributed by atoms with Gasteiger partial charge in [-0.1, -0.05) is 0 Å². The second kappa shape index (κ2) is 4.93. The molecule has 4 nitrogen and oxygen atoms in total. The normalized spacial score (nSPS) is 11.2. The largest absolute Gasteiger partial charge is 0.405 e. The van der Waals surface area contributed by atoms with Crippen molar-refractivity contribution < 1.29 is 18.0 Å². The maximum atomic E-state index is 11.8. The molecular weight excluding hydrogens is 223 g/mol. The standard InChI is InChI=1S/C9H10F3N3O/c10-9(11,12)5-15-8(16)7-3-6(4-13)1-2-14-7/h1-3H,4-5,13H2,(H,15,16). The van der Waals surface area contributed by atoms with Gasteiger partial charge in [-0.15, -0.1) is 0 Å². The fraction of sp³-hybridized carbons (Fsp3) is 0.333. The van der Waals surface area contributed by atoms with Crippen LogP contribution in [0.1, 0.15) is 16.1 Å². The fourth-order valence-corrected chi connectivity index (χ4v) is 0.996. The first kappa shape index (κ1) is 12.4. The number of halogens is 3. The van der Waals surface area contributed by atoms with E-state index in [1.54, 1.807) is 11.4 Å². The lowest BCUT2D eigenvalue weighted by atomic mass is 10.2. The molecule has 0 radical (unpaired) electrons. The summed E-state index contributed by atoms with van der Waals surface area (Å²) >= 11 is 0. The monoisotopic (exact) mass is 233 g/mol. The Balaban J connectivity index is 2.66. The van der Waals surface area contributed by atoms with Crippen molar-refractivity contribution in [2.45, 2.75) is 12.7 Å². The number of nitrogens with two attached hydrogens (primary N) is 1. The van der Waals surface area contributed by atoms with Crippen molar-refractivity contribution in [3.63, 3.8) is 0 Å². The molecule has 0 aromatic carbocycles. The molecule has 16 heavy (non-hydrogen) atoms. The van der Waals surface area contributed by atoms with Crippen LogP contribution in [0.3, 0.4) is 0 Å². The zero-order chi connectivity index (χ0) is 12.2. The first-order valence-electron chi connectivity index (χ1n) is 4.42. The van der Waals surface area contributed by atoms with Crippen LogP contribution in [0.25, 0.3) is 0 Å². The van der Waals surface area contributed by atoms with E-state index in [-0.39, 0.29) is 12.2 Å². The van der Waals surface area contributed by atoms with Gasteiger partial charge >= 0.3 is 6.18 Å². The molecule has 0 saturated heterocycles. The number of hydrogen-bond acceptors (Lipinski definition) is 3. The van der Waals surface area contributed by atoms with Crippen LogP contribution >= 0.6 is 0 Å². The van der Waals surface area contributed by atoms with Gasteiger partial charge in [0.15, 0.2) is 0 Å². The molecule has 1 aromatic heterocycles. The van der Waals surface area contributed by atoms with Gasteiger partial charge in [0.25, 0.3) is 5.91 Å². The molecular formula is C9H10F3N3O. The van der Waals surface area contributed by atoms with Gasteiger partial charge in [0.1, 0.15) is 12.2 Å². The molecule has 1 aromatic rings. The fourth-order valence-electron chi connectivity index (χ4n) is 0.996. The summed E-state index contributed by atoms with van der Waals surface area (Å²) in [5, 5.41) is 1.72. The van der Waals surface area contributed by atoms with Crippen molar-refractivity contribution in [2.75, 3.05) is 6.54 Å². The van der Waals surface area contributed by atoms with Gasteiger partial charge in [0.05, 0.1) is 0 Å². The minimum absolute atomic E-state index is 0.0767. The molecule has 1 heterocycles. The Kier molecular flexibility index (Phi) is 3.83. The number of nitrogens with one attached hydrogen (secondary N) is 1. The van der Waals surface area contributed by atoms with Crippen LogP contribution in [0.5, 0.6) is 0 Å². The molecule has 0 bridgehead atoms. The van der Waals surface area contributed by atoms with E-state index in [4.69, 9.17) is 5.73 Å². The lowest BCUT2D eigenvalue weighted by Gasteiger charge is -2.08. The molecule has 0 saturated carbocycles. The van der Waals surface area contributed by atoms with E-state index in [0.29, 0.717) is 5.56 Å². The summed E-state index contributed by atoms with van der Waals surface area (Å²) < 4.78 is 35.5. The van der Waals surface area contributed by atoms with Crippen LogP contribution in [-0.4, -0.2) is 23.6 Å². The molecule has 0 fully saturated rings. The number of carbonyl (C=O) groups excluding carboxylic acids is 1. The molecule has 0 unspecified atom stereocenters. The van der Waals surface area contributed by atoms with Gasteiger partial charge in [0.2, 0.25) is 0 Å². The van der Waals surface area contributed by atoms with Gasteiger partial charge in [-0.2, -0.15) is 13.2 Å². The van der Waals surface area contributed by atoms with Crippen LogP contribution in [0, 0.1) is 0 Å². The third-order valence-electron chi connectivity index (χ3n) is 1.74. The van der Waals surface area contributed by atoms with Gasteiger partial charge in [0, 0.05) is 12.7 Å². The first-order chi connectivity index (χ1) is 7.42. The maximum absolute atomic E-state index is 11.8. The number of amides is 1. The Bertz CT molecular complexity index is 379. The van der Waals surface area contributed by atoms with Gasteiger partial charge in [-0.3, -0.25) is 9.78 Å². The molecule has 0 spiro atoms. The summed E-state index contributed by atoms with van der Waals surface area (Å²) in [6.45, 7) is -1.18. The Morgan fingerprint density at radius 3 is 2.75 bits per heavy atom. The highest BCUT2D eigenvalue weighted by Crippen LogP contribution is 2.12. The van der Waals surface area contributed by atoms with E-state index in [9.17, 15) is 18.0 Å². The quantitative estimate of drug-likeness (QED) is 0.812. The topological polar surface area (TPSA) is 68.0 Å². The average molecular weight is 233 g/mol. The summed E-state index contributed by atoms with van der Waals surface area (Å²) in [4.78, 5) is 14.9. The first-order valence-corrected chi connectivity index (χ1v) is 4.42. The summed E-state index contributed by atoms with van der Waals surface area (Å²) in [6, 6.07) is 2.94. The van der Waals surface area contributed by atoms with Crippen molar-refractivity contribution in [3.8, 4) is 0 Å². The highest BCUT2D eigenvalue weighted by molar-refractivity contribution is 5.92. The molecule has 3 N–H and O–H groups in total. The molecule has 1 amide bonds. The lowest BCUT2D eigenvalue weighted by molar-refractivity contribution is -0.123. The molecule has 88 valence electrons. The minimum atomic E-state index is -4.43. The summed E-state index contributed by atoms with van der Waals surface area (Å²) in [5.41, 5.74) is 5.88. The molecule has 1 rings (SSSR count). The number of aromatic nitrogens is 1. The summed E-state index contributed by atoms with van der Waals surface area (Å²) in [5.74, 6) is -0.868. The van der Waals surface area contributed by atoms with Crippen LogP contribution < -0.4 is 11.1 Å². The van der Waals surface area contributed by atoms with Crippen molar-refractivity contribution in [1.82, 2.24) is 10.3 Å². The van der Waals surface area contributed by atoms with E-state index in [1.807, 2.05) is 0 Å². The SMILES string of the molecule is NCc1ccnc(C(=O)NCC(F)(F)F)c1. The highest BCUT2D eigenvalue weighted by Gasteiger charge is 2.28. The number of nitrogens with zero attached hydrogens (tertiary/aromatic N) is 1. The Hall–Kier alpha value is -1.63. The van der Waals surface area contributed by atoms with E-state index >= 15 is 0 Å². The minimum Gasteiger partial charge on any atom is -0.342 e. The van der Waals surface area contributed by atoms with E-state index in [0.717, 1.165) is 0 Å². The molecule has 7 heteroatoms. The lowest BCUT2D eigenvalue weighted by Crippen LogP contribution is -2.34. The second-order valence-electron chi connectivity index (χ2n) is 3.05. The predicted octanol–water partition coefficient (Wildman–Crippen LogP) is 0.832. The third kappa shape index (κ3) is 3.85. The third-order valence-corrected chi connectivity index (χ3v) is 1.74. The zero-order valence-electron chi connectivity index (χ0n) is 8.21. The van der Waals surface area contributed by atoms with Crippen molar-refractivity contribution in [3.05, 3.63) is 29.6 Å². The predicted molar refractivity (Wildman–Crippen MR) is 50.5 cm³/mol. The van der Waals surface area contributed by atoms with Crippen molar-refractivity contribution in [1.29, 1.82) is 0 Å². The van der Waals surface area contributed by atoms with Crippen molar-refractivity contribution >= 4 is 5.91 Å². The van der Waals surface area contributed by atoms with Crippen molar-refractivity contribution in [2.24, 2.45) is 5.73 Å². The summed E-state index contributed by atoms with van der Waals surface area (Å²) in [7, 11) is 0. The number of rotatable bonds is 3. The number of alkyl halides is 3. The zero-order valence-corrected chi connectivity index (χ0v) is 8.21. The summed E-state index contributed by atoms with van der Waals surface area (Å²) in [6.07, 6.45) is -3.11.